The maximum Gasteiger partial charge on any atom is 0.251 e. The molecule has 2 amide bonds. The van der Waals surface area contributed by atoms with E-state index in [9.17, 15) is 9.59 Å². The Labute approximate surface area is 153 Å². The van der Waals surface area contributed by atoms with Crippen LogP contribution < -0.4 is 20.7 Å². The molecule has 26 heavy (non-hydrogen) atoms. The molecule has 0 saturated heterocycles. The van der Waals surface area contributed by atoms with Gasteiger partial charge in [0.2, 0.25) is 5.91 Å². The minimum absolute atomic E-state index is 0.0826. The lowest BCUT2D eigenvalue weighted by Gasteiger charge is -2.09. The minimum atomic E-state index is -0.167. The van der Waals surface area contributed by atoms with E-state index >= 15 is 0 Å². The molecule has 0 aliphatic rings. The number of benzene rings is 2. The molecule has 0 saturated carbocycles. The number of amides is 2. The van der Waals surface area contributed by atoms with Gasteiger partial charge in [-0.15, -0.1) is 0 Å². The fraction of sp³-hybridized carbons (Fsp3) is 0.300. The number of ether oxygens (including phenoxy) is 1. The number of carbonyl (C=O) groups is 2. The Morgan fingerprint density at radius 2 is 1.81 bits per heavy atom. The van der Waals surface area contributed by atoms with Gasteiger partial charge in [0.05, 0.1) is 13.7 Å². The molecule has 0 aromatic heterocycles. The average molecular weight is 355 g/mol. The molecule has 2 aromatic rings. The van der Waals surface area contributed by atoms with Crippen LogP contribution in [0.15, 0.2) is 48.5 Å². The summed E-state index contributed by atoms with van der Waals surface area (Å²) < 4.78 is 5.13. The number of anilines is 2. The molecule has 0 aliphatic heterocycles. The van der Waals surface area contributed by atoms with Crippen LogP contribution in [0.1, 0.15) is 30.1 Å². The van der Waals surface area contributed by atoms with Crippen molar-refractivity contribution < 1.29 is 14.3 Å². The highest BCUT2D eigenvalue weighted by molar-refractivity contribution is 5.95. The van der Waals surface area contributed by atoms with Crippen molar-refractivity contribution in [3.63, 3.8) is 0 Å². The summed E-state index contributed by atoms with van der Waals surface area (Å²) in [6.07, 6.45) is 2.01. The smallest absolute Gasteiger partial charge is 0.251 e. The second kappa shape index (κ2) is 10.1. The van der Waals surface area contributed by atoms with E-state index in [1.807, 2.05) is 12.1 Å². The molecule has 6 heteroatoms. The summed E-state index contributed by atoms with van der Waals surface area (Å²) in [4.78, 5) is 24.0. The number of methoxy groups -OCH3 is 1. The highest BCUT2D eigenvalue weighted by Crippen LogP contribution is 2.16. The van der Waals surface area contributed by atoms with Crippen LogP contribution in [-0.4, -0.2) is 32.0 Å². The maximum absolute atomic E-state index is 12.0. The fourth-order valence-corrected chi connectivity index (χ4v) is 2.31. The number of nitrogens with one attached hydrogen (secondary N) is 3. The number of unbranched alkanes of at least 4 members (excludes halogenated alkanes) is 1. The third-order valence-corrected chi connectivity index (χ3v) is 3.77. The molecular weight excluding hydrogens is 330 g/mol. The lowest BCUT2D eigenvalue weighted by Crippen LogP contribution is -2.24. The third kappa shape index (κ3) is 6.12. The SMILES string of the molecule is CCCCNC(=O)c1ccc(NCC(=O)Nc2cccc(OC)c2)cc1. The first-order chi connectivity index (χ1) is 12.6. The second-order valence-electron chi connectivity index (χ2n) is 5.82. The van der Waals surface area contributed by atoms with Crippen molar-refractivity contribution in [2.45, 2.75) is 19.8 Å². The van der Waals surface area contributed by atoms with Crippen molar-refractivity contribution >= 4 is 23.2 Å². The first-order valence-electron chi connectivity index (χ1n) is 8.68. The molecular formula is C20H25N3O3. The van der Waals surface area contributed by atoms with E-state index in [2.05, 4.69) is 22.9 Å². The normalized spacial score (nSPS) is 10.1. The summed E-state index contributed by atoms with van der Waals surface area (Å²) in [7, 11) is 1.58. The minimum Gasteiger partial charge on any atom is -0.497 e. The Balaban J connectivity index is 1.81. The van der Waals surface area contributed by atoms with Crippen LogP contribution in [0.5, 0.6) is 5.75 Å². The predicted octanol–water partition coefficient (Wildman–Crippen LogP) is 3.28. The molecule has 2 rings (SSSR count). The van der Waals surface area contributed by atoms with Gasteiger partial charge in [0.1, 0.15) is 5.75 Å². The number of hydrogen-bond donors (Lipinski definition) is 3. The van der Waals surface area contributed by atoms with Crippen molar-refractivity contribution in [3.05, 3.63) is 54.1 Å². The molecule has 0 bridgehead atoms. The van der Waals surface area contributed by atoms with E-state index in [0.717, 1.165) is 18.5 Å². The number of hydrogen-bond acceptors (Lipinski definition) is 4. The van der Waals surface area contributed by atoms with Crippen LogP contribution in [-0.2, 0) is 4.79 Å². The lowest BCUT2D eigenvalue weighted by molar-refractivity contribution is -0.114. The summed E-state index contributed by atoms with van der Waals surface area (Å²) in [5, 5.41) is 8.71. The molecule has 3 N–H and O–H groups in total. The lowest BCUT2D eigenvalue weighted by atomic mass is 10.2. The molecule has 138 valence electrons. The maximum atomic E-state index is 12.0. The van der Waals surface area contributed by atoms with E-state index in [4.69, 9.17) is 4.74 Å². The van der Waals surface area contributed by atoms with Gasteiger partial charge in [-0.05, 0) is 42.8 Å². The number of rotatable bonds is 9. The van der Waals surface area contributed by atoms with Gasteiger partial charge in [-0.2, -0.15) is 0 Å². The molecule has 0 spiro atoms. The first kappa shape index (κ1) is 19.3. The van der Waals surface area contributed by atoms with Gasteiger partial charge in [0.15, 0.2) is 0 Å². The zero-order valence-electron chi connectivity index (χ0n) is 15.2. The first-order valence-corrected chi connectivity index (χ1v) is 8.68. The van der Waals surface area contributed by atoms with E-state index < -0.39 is 0 Å². The quantitative estimate of drug-likeness (QED) is 0.603. The third-order valence-electron chi connectivity index (χ3n) is 3.77. The Morgan fingerprint density at radius 1 is 1.04 bits per heavy atom. The van der Waals surface area contributed by atoms with Crippen LogP contribution in [0, 0.1) is 0 Å². The van der Waals surface area contributed by atoms with Gasteiger partial charge in [0, 0.05) is 29.5 Å². The van der Waals surface area contributed by atoms with Gasteiger partial charge in [-0.1, -0.05) is 19.4 Å². The molecule has 0 unspecified atom stereocenters. The van der Waals surface area contributed by atoms with Crippen molar-refractivity contribution in [2.75, 3.05) is 30.8 Å². The Bertz CT molecular complexity index is 729. The Hall–Kier alpha value is -3.02. The summed E-state index contributed by atoms with van der Waals surface area (Å²) in [5.41, 5.74) is 2.05. The summed E-state index contributed by atoms with van der Waals surface area (Å²) in [6, 6.07) is 14.2. The van der Waals surface area contributed by atoms with Gasteiger partial charge in [0.25, 0.3) is 5.91 Å². The zero-order valence-corrected chi connectivity index (χ0v) is 15.2. The highest BCUT2D eigenvalue weighted by Gasteiger charge is 2.06. The van der Waals surface area contributed by atoms with Crippen LogP contribution in [0.4, 0.5) is 11.4 Å². The van der Waals surface area contributed by atoms with E-state index in [0.29, 0.717) is 23.5 Å². The molecule has 0 aliphatic carbocycles. The molecule has 0 fully saturated rings. The summed E-state index contributed by atoms with van der Waals surface area (Å²) in [6.45, 7) is 2.89. The van der Waals surface area contributed by atoms with E-state index in [1.54, 1.807) is 43.5 Å². The molecule has 0 atom stereocenters. The van der Waals surface area contributed by atoms with Crippen molar-refractivity contribution in [1.29, 1.82) is 0 Å². The number of carbonyl (C=O) groups excluding carboxylic acids is 2. The monoisotopic (exact) mass is 355 g/mol. The molecule has 6 nitrogen and oxygen atoms in total. The predicted molar refractivity (Wildman–Crippen MR) is 104 cm³/mol. The van der Waals surface area contributed by atoms with Gasteiger partial charge < -0.3 is 20.7 Å². The fourth-order valence-electron chi connectivity index (χ4n) is 2.31. The van der Waals surface area contributed by atoms with Gasteiger partial charge in [-0.25, -0.2) is 0 Å². The summed E-state index contributed by atoms with van der Waals surface area (Å²) >= 11 is 0. The van der Waals surface area contributed by atoms with Crippen LogP contribution >= 0.6 is 0 Å². The van der Waals surface area contributed by atoms with Crippen LogP contribution in [0.3, 0.4) is 0 Å². The average Bonchev–Trinajstić information content (AvgIpc) is 2.67. The zero-order chi connectivity index (χ0) is 18.8. The Kier molecular flexibility index (Phi) is 7.49. The van der Waals surface area contributed by atoms with E-state index in [1.165, 1.54) is 0 Å². The molecule has 2 aromatic carbocycles. The topological polar surface area (TPSA) is 79.5 Å². The standard InChI is InChI=1S/C20H25N3O3/c1-3-4-12-21-20(25)15-8-10-16(11-9-15)22-14-19(24)23-17-6-5-7-18(13-17)26-2/h5-11,13,22H,3-4,12,14H2,1-2H3,(H,21,25)(H,23,24). The highest BCUT2D eigenvalue weighted by atomic mass is 16.5. The summed E-state index contributed by atoms with van der Waals surface area (Å²) in [5.74, 6) is 0.434. The largest absolute Gasteiger partial charge is 0.497 e. The van der Waals surface area contributed by atoms with Gasteiger partial charge in [-0.3, -0.25) is 9.59 Å². The van der Waals surface area contributed by atoms with Crippen molar-refractivity contribution in [1.82, 2.24) is 5.32 Å². The van der Waals surface area contributed by atoms with E-state index in [-0.39, 0.29) is 18.4 Å². The molecule has 0 radical (unpaired) electrons. The van der Waals surface area contributed by atoms with Crippen molar-refractivity contribution in [2.24, 2.45) is 0 Å². The molecule has 0 heterocycles. The second-order valence-corrected chi connectivity index (χ2v) is 5.82. The van der Waals surface area contributed by atoms with Crippen LogP contribution in [0.2, 0.25) is 0 Å². The Morgan fingerprint density at radius 3 is 2.50 bits per heavy atom. The van der Waals surface area contributed by atoms with Gasteiger partial charge >= 0.3 is 0 Å². The van der Waals surface area contributed by atoms with Crippen LogP contribution in [0.25, 0.3) is 0 Å². The van der Waals surface area contributed by atoms with Crippen molar-refractivity contribution in [3.8, 4) is 5.75 Å².